The first kappa shape index (κ1) is 10.7. The van der Waals surface area contributed by atoms with Crippen LogP contribution in [0.4, 0.5) is 5.69 Å². The number of aromatic nitrogens is 1. The minimum absolute atomic E-state index is 0.126. The molecule has 0 spiro atoms. The van der Waals surface area contributed by atoms with Crippen molar-refractivity contribution in [2.75, 3.05) is 11.4 Å². The molecule has 1 saturated heterocycles. The summed E-state index contributed by atoms with van der Waals surface area (Å²) >= 11 is 5.90. The molecule has 1 aliphatic rings. The highest BCUT2D eigenvalue weighted by Gasteiger charge is 2.19. The fraction of sp³-hybridized carbons (Fsp3) is 0.545. The first-order valence-corrected chi connectivity index (χ1v) is 5.70. The van der Waals surface area contributed by atoms with Gasteiger partial charge < -0.3 is 10.6 Å². The number of hydrogen-bond acceptors (Lipinski definition) is 3. The van der Waals surface area contributed by atoms with Crippen LogP contribution in [0.25, 0.3) is 0 Å². The van der Waals surface area contributed by atoms with E-state index in [0.717, 1.165) is 24.2 Å². The molecule has 1 aromatic heterocycles. The summed E-state index contributed by atoms with van der Waals surface area (Å²) in [5.41, 5.74) is 8.16. The molecule has 4 heteroatoms. The van der Waals surface area contributed by atoms with Gasteiger partial charge in [0.25, 0.3) is 0 Å². The molecular formula is C11H16ClN3. The number of hydrogen-bond donors (Lipinski definition) is 1. The van der Waals surface area contributed by atoms with Crippen LogP contribution in [0.15, 0.2) is 12.3 Å². The van der Waals surface area contributed by atoms with E-state index in [-0.39, 0.29) is 6.17 Å². The number of aryl methyl sites for hydroxylation is 1. The number of rotatable bonds is 1. The van der Waals surface area contributed by atoms with E-state index in [2.05, 4.69) is 16.0 Å². The summed E-state index contributed by atoms with van der Waals surface area (Å²) in [6, 6.07) is 2.06. The van der Waals surface area contributed by atoms with Crippen molar-refractivity contribution in [2.24, 2.45) is 5.73 Å². The van der Waals surface area contributed by atoms with Crippen molar-refractivity contribution in [2.45, 2.75) is 32.4 Å². The van der Waals surface area contributed by atoms with Gasteiger partial charge >= 0.3 is 0 Å². The van der Waals surface area contributed by atoms with Crippen LogP contribution in [0.5, 0.6) is 0 Å². The number of nitrogens with two attached hydrogens (primary N) is 1. The first-order valence-electron chi connectivity index (χ1n) is 5.33. The molecule has 0 aromatic carbocycles. The standard InChI is InChI=1S/C11H16ClN3/c1-8-6-9(7-14-11(8)12)15-5-3-2-4-10(15)13/h6-7,10H,2-5,13H2,1H3. The predicted octanol–water partition coefficient (Wildman–Crippen LogP) is 2.32. The lowest BCUT2D eigenvalue weighted by atomic mass is 10.1. The Bertz CT molecular complexity index is 354. The van der Waals surface area contributed by atoms with Crippen molar-refractivity contribution in [3.8, 4) is 0 Å². The zero-order chi connectivity index (χ0) is 10.8. The topological polar surface area (TPSA) is 42.1 Å². The van der Waals surface area contributed by atoms with Crippen LogP contribution in [0.1, 0.15) is 24.8 Å². The van der Waals surface area contributed by atoms with Crippen LogP contribution in [0, 0.1) is 6.92 Å². The molecule has 1 aliphatic heterocycles. The summed E-state index contributed by atoms with van der Waals surface area (Å²) in [5.74, 6) is 0. The van der Waals surface area contributed by atoms with Gasteiger partial charge in [0.2, 0.25) is 0 Å². The highest BCUT2D eigenvalue weighted by Crippen LogP contribution is 2.24. The van der Waals surface area contributed by atoms with E-state index in [4.69, 9.17) is 17.3 Å². The van der Waals surface area contributed by atoms with E-state index < -0.39 is 0 Å². The van der Waals surface area contributed by atoms with Crippen LogP contribution in [-0.2, 0) is 0 Å². The van der Waals surface area contributed by atoms with Gasteiger partial charge in [-0.05, 0) is 37.8 Å². The van der Waals surface area contributed by atoms with Crippen molar-refractivity contribution in [3.05, 3.63) is 23.0 Å². The second kappa shape index (κ2) is 4.37. The number of nitrogens with zero attached hydrogens (tertiary/aromatic N) is 2. The van der Waals surface area contributed by atoms with Crippen LogP contribution >= 0.6 is 11.6 Å². The zero-order valence-corrected chi connectivity index (χ0v) is 9.67. The molecule has 1 unspecified atom stereocenters. The molecule has 82 valence electrons. The van der Waals surface area contributed by atoms with E-state index in [1.807, 2.05) is 6.92 Å². The van der Waals surface area contributed by atoms with Gasteiger partial charge in [-0.2, -0.15) is 0 Å². The molecule has 0 saturated carbocycles. The molecule has 0 radical (unpaired) electrons. The Hall–Kier alpha value is -0.800. The Morgan fingerprint density at radius 2 is 2.33 bits per heavy atom. The summed E-state index contributed by atoms with van der Waals surface area (Å²) < 4.78 is 0. The van der Waals surface area contributed by atoms with Crippen molar-refractivity contribution in [3.63, 3.8) is 0 Å². The quantitative estimate of drug-likeness (QED) is 0.746. The van der Waals surface area contributed by atoms with Gasteiger partial charge in [0.05, 0.1) is 18.1 Å². The van der Waals surface area contributed by atoms with Crippen LogP contribution in [0.3, 0.4) is 0 Å². The van der Waals surface area contributed by atoms with E-state index in [1.54, 1.807) is 6.20 Å². The molecular weight excluding hydrogens is 210 g/mol. The third-order valence-corrected chi connectivity index (χ3v) is 3.28. The number of halogens is 1. The summed E-state index contributed by atoms with van der Waals surface area (Å²) in [6.45, 7) is 2.98. The summed E-state index contributed by atoms with van der Waals surface area (Å²) in [7, 11) is 0. The molecule has 2 N–H and O–H groups in total. The maximum Gasteiger partial charge on any atom is 0.132 e. The van der Waals surface area contributed by atoms with Crippen LogP contribution in [0.2, 0.25) is 5.15 Å². The van der Waals surface area contributed by atoms with Crippen molar-refractivity contribution in [1.82, 2.24) is 4.98 Å². The Balaban J connectivity index is 2.24. The van der Waals surface area contributed by atoms with Gasteiger partial charge in [-0.25, -0.2) is 4.98 Å². The molecule has 2 rings (SSSR count). The summed E-state index contributed by atoms with van der Waals surface area (Å²) in [4.78, 5) is 6.36. The first-order chi connectivity index (χ1) is 7.18. The third-order valence-electron chi connectivity index (χ3n) is 2.88. The minimum atomic E-state index is 0.126. The second-order valence-corrected chi connectivity index (χ2v) is 4.42. The Labute approximate surface area is 95.2 Å². The van der Waals surface area contributed by atoms with E-state index >= 15 is 0 Å². The molecule has 1 fully saturated rings. The van der Waals surface area contributed by atoms with Gasteiger partial charge in [0.1, 0.15) is 5.15 Å². The molecule has 0 bridgehead atoms. The molecule has 0 aliphatic carbocycles. The van der Waals surface area contributed by atoms with E-state index in [1.165, 1.54) is 12.8 Å². The highest BCUT2D eigenvalue weighted by atomic mass is 35.5. The van der Waals surface area contributed by atoms with E-state index in [0.29, 0.717) is 5.15 Å². The number of piperidine rings is 1. The molecule has 15 heavy (non-hydrogen) atoms. The maximum atomic E-state index is 6.06. The van der Waals surface area contributed by atoms with Crippen LogP contribution < -0.4 is 10.6 Å². The fourth-order valence-corrected chi connectivity index (χ4v) is 2.08. The van der Waals surface area contributed by atoms with Crippen molar-refractivity contribution >= 4 is 17.3 Å². The zero-order valence-electron chi connectivity index (χ0n) is 8.91. The Morgan fingerprint density at radius 3 is 3.00 bits per heavy atom. The largest absolute Gasteiger partial charge is 0.355 e. The Morgan fingerprint density at radius 1 is 1.53 bits per heavy atom. The second-order valence-electron chi connectivity index (χ2n) is 4.06. The fourth-order valence-electron chi connectivity index (χ4n) is 1.98. The minimum Gasteiger partial charge on any atom is -0.355 e. The number of pyridine rings is 1. The monoisotopic (exact) mass is 225 g/mol. The molecule has 0 amide bonds. The number of anilines is 1. The lowest BCUT2D eigenvalue weighted by molar-refractivity contribution is 0.470. The van der Waals surface area contributed by atoms with Gasteiger partial charge in [0, 0.05) is 6.54 Å². The lowest BCUT2D eigenvalue weighted by Crippen LogP contribution is -2.45. The average Bonchev–Trinajstić information content (AvgIpc) is 2.23. The molecule has 3 nitrogen and oxygen atoms in total. The predicted molar refractivity (Wildman–Crippen MR) is 63.2 cm³/mol. The van der Waals surface area contributed by atoms with Gasteiger partial charge in [-0.15, -0.1) is 0 Å². The smallest absolute Gasteiger partial charge is 0.132 e. The lowest BCUT2D eigenvalue weighted by Gasteiger charge is -2.34. The van der Waals surface area contributed by atoms with Gasteiger partial charge in [-0.3, -0.25) is 0 Å². The van der Waals surface area contributed by atoms with Gasteiger partial charge in [-0.1, -0.05) is 11.6 Å². The van der Waals surface area contributed by atoms with E-state index in [9.17, 15) is 0 Å². The SMILES string of the molecule is Cc1cc(N2CCCCC2N)cnc1Cl. The van der Waals surface area contributed by atoms with Crippen LogP contribution in [-0.4, -0.2) is 17.7 Å². The molecule has 1 atom stereocenters. The normalized spacial score (nSPS) is 21.8. The van der Waals surface area contributed by atoms with Crippen molar-refractivity contribution < 1.29 is 0 Å². The summed E-state index contributed by atoms with van der Waals surface area (Å²) in [5, 5.41) is 0.573. The Kier molecular flexibility index (Phi) is 3.12. The van der Waals surface area contributed by atoms with Crippen molar-refractivity contribution in [1.29, 1.82) is 0 Å². The summed E-state index contributed by atoms with van der Waals surface area (Å²) in [6.07, 6.45) is 5.41. The highest BCUT2D eigenvalue weighted by molar-refractivity contribution is 6.30. The average molecular weight is 226 g/mol. The molecule has 1 aromatic rings. The third kappa shape index (κ3) is 2.24. The molecule has 2 heterocycles. The maximum absolute atomic E-state index is 6.06. The van der Waals surface area contributed by atoms with Gasteiger partial charge in [0.15, 0.2) is 0 Å².